The van der Waals surface area contributed by atoms with Crippen LogP contribution in [-0.2, 0) is 19.6 Å². The van der Waals surface area contributed by atoms with Crippen LogP contribution in [0, 0.1) is 6.92 Å². The third-order valence-corrected chi connectivity index (χ3v) is 8.69. The molecule has 0 bridgehead atoms. The standard InChI is InChI=1S/C28H30N2O4S/c1-3-10-25-29(24(19-34-25)21-11-6-4-7-12-21)28(31)27-26(22-13-8-5-9-14-22)30(27)35(32,33)23-17-15-20(2)16-18-23/h4-9,11-18,24-27H,3,10,19H2,1-2H3/t24-,25+,26-,27+,30?/m0/s1. The van der Waals surface area contributed by atoms with Crippen LogP contribution in [0.3, 0.4) is 0 Å². The highest BCUT2D eigenvalue weighted by Crippen LogP contribution is 2.50. The molecule has 1 amide bonds. The Morgan fingerprint density at radius 1 is 0.914 bits per heavy atom. The molecular weight excluding hydrogens is 460 g/mol. The molecule has 1 unspecified atom stereocenters. The van der Waals surface area contributed by atoms with Crippen LogP contribution in [0.4, 0.5) is 0 Å². The van der Waals surface area contributed by atoms with Gasteiger partial charge in [0.15, 0.2) is 0 Å². The average molecular weight is 491 g/mol. The molecule has 2 heterocycles. The number of hydrogen-bond donors (Lipinski definition) is 0. The Hall–Kier alpha value is -3.00. The summed E-state index contributed by atoms with van der Waals surface area (Å²) in [6.45, 7) is 4.37. The first kappa shape index (κ1) is 23.7. The van der Waals surface area contributed by atoms with E-state index < -0.39 is 22.1 Å². The molecule has 2 aliphatic rings. The fourth-order valence-electron chi connectivity index (χ4n) is 4.98. The van der Waals surface area contributed by atoms with Gasteiger partial charge in [-0.25, -0.2) is 8.42 Å². The summed E-state index contributed by atoms with van der Waals surface area (Å²) in [5.41, 5.74) is 2.78. The molecule has 7 heteroatoms. The molecule has 3 aromatic rings. The summed E-state index contributed by atoms with van der Waals surface area (Å²) >= 11 is 0. The van der Waals surface area contributed by atoms with Crippen molar-refractivity contribution < 1.29 is 17.9 Å². The Labute approximate surface area is 207 Å². The van der Waals surface area contributed by atoms with Gasteiger partial charge >= 0.3 is 0 Å². The van der Waals surface area contributed by atoms with E-state index in [1.54, 1.807) is 29.2 Å². The zero-order valence-electron chi connectivity index (χ0n) is 19.9. The lowest BCUT2D eigenvalue weighted by atomic mass is 10.0. The number of hydrogen-bond acceptors (Lipinski definition) is 4. The SMILES string of the molecule is CCC[C@H]1OC[C@@H](c2ccccc2)N1C(=O)[C@H]1[C@H](c2ccccc2)N1S(=O)(=O)c1ccc(C)cc1. The summed E-state index contributed by atoms with van der Waals surface area (Å²) in [5.74, 6) is -0.209. The van der Waals surface area contributed by atoms with E-state index in [1.807, 2.05) is 67.6 Å². The van der Waals surface area contributed by atoms with Gasteiger partial charge in [-0.3, -0.25) is 4.79 Å². The predicted molar refractivity (Wildman–Crippen MR) is 134 cm³/mol. The van der Waals surface area contributed by atoms with Crippen LogP contribution in [0.25, 0.3) is 0 Å². The van der Waals surface area contributed by atoms with Crippen molar-refractivity contribution in [3.05, 3.63) is 102 Å². The molecule has 2 saturated heterocycles. The molecule has 3 aromatic carbocycles. The van der Waals surface area contributed by atoms with Gasteiger partial charge in [0, 0.05) is 0 Å². The highest BCUT2D eigenvalue weighted by atomic mass is 32.2. The first-order chi connectivity index (χ1) is 16.9. The Balaban J connectivity index is 1.53. The second kappa shape index (κ2) is 9.57. The molecule has 2 fully saturated rings. The van der Waals surface area contributed by atoms with Gasteiger partial charge in [-0.05, 0) is 36.6 Å². The summed E-state index contributed by atoms with van der Waals surface area (Å²) in [6, 6.07) is 24.4. The lowest BCUT2D eigenvalue weighted by molar-refractivity contribution is -0.138. The minimum atomic E-state index is -3.87. The van der Waals surface area contributed by atoms with Crippen molar-refractivity contribution in [3.8, 4) is 0 Å². The molecule has 2 aliphatic heterocycles. The van der Waals surface area contributed by atoms with Crippen LogP contribution in [0.2, 0.25) is 0 Å². The van der Waals surface area contributed by atoms with Crippen LogP contribution in [0.15, 0.2) is 89.8 Å². The summed E-state index contributed by atoms with van der Waals surface area (Å²) in [6.07, 6.45) is 1.18. The van der Waals surface area contributed by atoms with Crippen LogP contribution >= 0.6 is 0 Å². The third kappa shape index (κ3) is 4.40. The van der Waals surface area contributed by atoms with E-state index in [1.165, 1.54) is 4.31 Å². The smallest absolute Gasteiger partial charge is 0.245 e. The average Bonchev–Trinajstić information content (AvgIpc) is 3.52. The molecule has 5 rings (SSSR count). The fourth-order valence-corrected chi connectivity index (χ4v) is 6.69. The Morgan fingerprint density at radius 2 is 1.51 bits per heavy atom. The van der Waals surface area contributed by atoms with Crippen molar-refractivity contribution in [2.24, 2.45) is 0 Å². The van der Waals surface area contributed by atoms with Gasteiger partial charge in [0.2, 0.25) is 15.9 Å². The van der Waals surface area contributed by atoms with Gasteiger partial charge in [0.05, 0.1) is 23.6 Å². The third-order valence-electron chi connectivity index (χ3n) is 6.82. The van der Waals surface area contributed by atoms with Gasteiger partial charge in [-0.2, -0.15) is 4.31 Å². The van der Waals surface area contributed by atoms with Crippen LogP contribution in [0.1, 0.15) is 48.5 Å². The molecule has 182 valence electrons. The maximum absolute atomic E-state index is 14.1. The molecule has 35 heavy (non-hydrogen) atoms. The van der Waals surface area contributed by atoms with Crippen molar-refractivity contribution in [1.29, 1.82) is 0 Å². The summed E-state index contributed by atoms with van der Waals surface area (Å²) in [5, 5.41) is 0. The minimum absolute atomic E-state index is 0.196. The number of rotatable bonds is 7. The summed E-state index contributed by atoms with van der Waals surface area (Å²) < 4.78 is 34.8. The van der Waals surface area contributed by atoms with Crippen molar-refractivity contribution in [2.45, 2.75) is 55.9 Å². The second-order valence-electron chi connectivity index (χ2n) is 9.20. The molecule has 0 aliphatic carbocycles. The zero-order valence-corrected chi connectivity index (χ0v) is 20.8. The monoisotopic (exact) mass is 490 g/mol. The molecule has 0 aromatic heterocycles. The molecule has 0 saturated carbocycles. The highest BCUT2D eigenvalue weighted by Gasteiger charge is 2.62. The number of sulfonamides is 1. The maximum atomic E-state index is 14.1. The van der Waals surface area contributed by atoms with Crippen LogP contribution in [-0.4, -0.2) is 42.4 Å². The molecule has 0 N–H and O–H groups in total. The van der Waals surface area contributed by atoms with Crippen molar-refractivity contribution in [2.75, 3.05) is 6.61 Å². The summed E-state index contributed by atoms with van der Waals surface area (Å²) in [4.78, 5) is 16.1. The number of benzene rings is 3. The number of ether oxygens (including phenoxy) is 1. The largest absolute Gasteiger partial charge is 0.356 e. The van der Waals surface area contributed by atoms with Gasteiger partial charge in [0.1, 0.15) is 12.3 Å². The van der Waals surface area contributed by atoms with Gasteiger partial charge in [-0.15, -0.1) is 0 Å². The quantitative estimate of drug-likeness (QED) is 0.445. The van der Waals surface area contributed by atoms with E-state index in [9.17, 15) is 13.2 Å². The van der Waals surface area contributed by atoms with Crippen molar-refractivity contribution >= 4 is 15.9 Å². The van der Waals surface area contributed by atoms with Crippen molar-refractivity contribution in [3.63, 3.8) is 0 Å². The number of carbonyl (C=O) groups is 1. The number of aryl methyl sites for hydroxylation is 1. The number of nitrogens with zero attached hydrogens (tertiary/aromatic N) is 2. The van der Waals surface area contributed by atoms with E-state index in [-0.39, 0.29) is 23.1 Å². The van der Waals surface area contributed by atoms with Crippen molar-refractivity contribution in [1.82, 2.24) is 9.21 Å². The molecule has 0 spiro atoms. The minimum Gasteiger partial charge on any atom is -0.356 e. The lowest BCUT2D eigenvalue weighted by Gasteiger charge is -2.28. The predicted octanol–water partition coefficient (Wildman–Crippen LogP) is 4.84. The second-order valence-corrected chi connectivity index (χ2v) is 11.0. The number of carbonyl (C=O) groups excluding carboxylic acids is 1. The van der Waals surface area contributed by atoms with E-state index in [4.69, 9.17) is 4.74 Å². The van der Waals surface area contributed by atoms with E-state index in [0.29, 0.717) is 13.0 Å². The van der Waals surface area contributed by atoms with E-state index in [2.05, 4.69) is 6.92 Å². The Kier molecular flexibility index (Phi) is 6.49. The fraction of sp³-hybridized carbons (Fsp3) is 0.321. The summed E-state index contributed by atoms with van der Waals surface area (Å²) in [7, 11) is -3.87. The first-order valence-electron chi connectivity index (χ1n) is 12.1. The van der Waals surface area contributed by atoms with Gasteiger partial charge in [-0.1, -0.05) is 91.7 Å². The maximum Gasteiger partial charge on any atom is 0.245 e. The molecule has 5 atom stereocenters. The van der Waals surface area contributed by atoms with Crippen LogP contribution in [0.5, 0.6) is 0 Å². The topological polar surface area (TPSA) is 66.7 Å². The zero-order chi connectivity index (χ0) is 24.6. The molecule has 6 nitrogen and oxygen atoms in total. The Bertz CT molecular complexity index is 1280. The number of amides is 1. The molecular formula is C28H30N2O4S. The highest BCUT2D eigenvalue weighted by molar-refractivity contribution is 7.89. The normalized spacial score (nSPS) is 26.0. The van der Waals surface area contributed by atoms with E-state index in [0.717, 1.165) is 23.1 Å². The van der Waals surface area contributed by atoms with Gasteiger partial charge < -0.3 is 9.64 Å². The van der Waals surface area contributed by atoms with Crippen LogP contribution < -0.4 is 0 Å². The van der Waals surface area contributed by atoms with E-state index >= 15 is 0 Å². The lowest BCUT2D eigenvalue weighted by Crippen LogP contribution is -2.42. The Morgan fingerprint density at radius 3 is 2.11 bits per heavy atom. The molecule has 0 radical (unpaired) electrons. The first-order valence-corrected chi connectivity index (χ1v) is 13.5. The van der Waals surface area contributed by atoms with Gasteiger partial charge in [0.25, 0.3) is 0 Å².